The van der Waals surface area contributed by atoms with Gasteiger partial charge < -0.3 is 9.47 Å². The van der Waals surface area contributed by atoms with E-state index in [1.54, 1.807) is 0 Å². The molecule has 2 aromatic carbocycles. The first-order valence-electron chi connectivity index (χ1n) is 11.7. The lowest BCUT2D eigenvalue weighted by Gasteiger charge is -2.44. The molecule has 0 aromatic heterocycles. The molecular weight excluding hydrogens is 674 g/mol. The minimum atomic E-state index is -8.90. The Morgan fingerprint density at radius 1 is 0.311 bits per heavy atom. The van der Waals surface area contributed by atoms with Gasteiger partial charge in [-0.05, 0) is 74.2 Å². The lowest BCUT2D eigenvalue weighted by atomic mass is 9.88. The molecule has 0 fully saturated rings. The number of ether oxygens (including phenoxy) is 2. The van der Waals surface area contributed by atoms with Crippen LogP contribution in [0.1, 0.15) is 22.3 Å². The molecule has 0 saturated carbocycles. The van der Waals surface area contributed by atoms with Crippen LogP contribution in [0.15, 0.2) is 36.4 Å². The molecule has 45 heavy (non-hydrogen) atoms. The fourth-order valence-electron chi connectivity index (χ4n) is 3.76. The van der Waals surface area contributed by atoms with Crippen LogP contribution < -0.4 is 9.47 Å². The fraction of sp³-hybridized carbons (Fsp3) is 0.520. The van der Waals surface area contributed by atoms with E-state index in [0.29, 0.717) is 24.3 Å². The average Bonchev–Trinajstić information content (AvgIpc) is 2.81. The summed E-state index contributed by atoms with van der Waals surface area (Å²) in [6, 6.07) is 3.89. The van der Waals surface area contributed by atoms with E-state index >= 15 is 0 Å². The first kappa shape index (κ1) is 38.0. The first-order chi connectivity index (χ1) is 19.7. The second-order valence-electron chi connectivity index (χ2n) is 9.91. The van der Waals surface area contributed by atoms with Crippen molar-refractivity contribution in [3.8, 4) is 11.5 Å². The van der Waals surface area contributed by atoms with Gasteiger partial charge in [0.1, 0.15) is 11.5 Å². The fourth-order valence-corrected chi connectivity index (χ4v) is 3.76. The minimum Gasteiger partial charge on any atom is -0.428 e. The van der Waals surface area contributed by atoms with Crippen LogP contribution in [-0.4, -0.2) is 53.7 Å². The van der Waals surface area contributed by atoms with Gasteiger partial charge in [0.05, 0.1) is 0 Å². The highest BCUT2D eigenvalue weighted by atomic mass is 19.4. The molecule has 0 unspecified atom stereocenters. The molecule has 0 atom stereocenters. The van der Waals surface area contributed by atoms with E-state index in [-0.39, 0.29) is 22.3 Å². The summed E-state index contributed by atoms with van der Waals surface area (Å²) < 4.78 is 261. The number of benzene rings is 2. The van der Waals surface area contributed by atoms with Gasteiger partial charge >= 0.3 is 53.7 Å². The van der Waals surface area contributed by atoms with E-state index in [2.05, 4.69) is 9.47 Å². The summed E-state index contributed by atoms with van der Waals surface area (Å²) in [5, 5.41) is 0. The summed E-state index contributed by atoms with van der Waals surface area (Å²) in [5.41, 5.74) is -0.467. The SMILES string of the molecule is Cc1cc(C)cc(OC(F)(F)C(F)(F)C(F)(F)C(F)(F)C(F)(F)C(F)(F)C(F)(F)C(F)(F)C(F)(F)Oc2cc(C)cc(C)c2)c1. The maximum Gasteiger partial charge on any atom is 0.471 e. The molecule has 0 aliphatic carbocycles. The quantitative estimate of drug-likeness (QED) is 0.206. The lowest BCUT2D eigenvalue weighted by Crippen LogP contribution is -2.76. The zero-order valence-corrected chi connectivity index (χ0v) is 22.6. The Hall–Kier alpha value is -3.22. The second kappa shape index (κ2) is 10.9. The van der Waals surface area contributed by atoms with E-state index < -0.39 is 65.2 Å². The highest BCUT2D eigenvalue weighted by Crippen LogP contribution is 2.65. The van der Waals surface area contributed by atoms with Crippen molar-refractivity contribution < 1.29 is 88.5 Å². The third kappa shape index (κ3) is 5.81. The normalized spacial score (nSPS) is 14.9. The summed E-state index contributed by atoms with van der Waals surface area (Å²) in [7, 11) is 0. The summed E-state index contributed by atoms with van der Waals surface area (Å²) in [4.78, 5) is 0. The highest BCUT2D eigenvalue weighted by molar-refractivity contribution is 5.34. The smallest absolute Gasteiger partial charge is 0.428 e. The van der Waals surface area contributed by atoms with Crippen LogP contribution in [0, 0.1) is 27.7 Å². The van der Waals surface area contributed by atoms with Crippen LogP contribution in [0.4, 0.5) is 79.0 Å². The van der Waals surface area contributed by atoms with Gasteiger partial charge in [-0.25, -0.2) is 0 Å². The Bertz CT molecular complexity index is 1260. The van der Waals surface area contributed by atoms with Gasteiger partial charge in [-0.1, -0.05) is 12.1 Å². The molecule has 20 heteroatoms. The van der Waals surface area contributed by atoms with Crippen LogP contribution in [0.2, 0.25) is 0 Å². The predicted octanol–water partition coefficient (Wildman–Crippen LogP) is 10.0. The molecule has 0 spiro atoms. The first-order valence-corrected chi connectivity index (χ1v) is 11.7. The third-order valence-corrected chi connectivity index (χ3v) is 5.98. The van der Waals surface area contributed by atoms with Crippen molar-refractivity contribution in [1.29, 1.82) is 0 Å². The molecule has 256 valence electrons. The van der Waals surface area contributed by atoms with Gasteiger partial charge in [-0.3, -0.25) is 0 Å². The zero-order valence-electron chi connectivity index (χ0n) is 22.6. The molecule has 2 aromatic rings. The molecule has 0 aliphatic rings. The molecule has 2 rings (SSSR count). The Balaban J connectivity index is 2.60. The molecule has 0 amide bonds. The van der Waals surface area contributed by atoms with Crippen LogP contribution in [0.5, 0.6) is 11.5 Å². The number of alkyl halides is 18. The summed E-state index contributed by atoms with van der Waals surface area (Å²) in [6.07, 6.45) is -14.0. The maximum absolute atomic E-state index is 14.2. The van der Waals surface area contributed by atoms with Gasteiger partial charge in [0, 0.05) is 0 Å². The van der Waals surface area contributed by atoms with Gasteiger partial charge in [0.25, 0.3) is 0 Å². The summed E-state index contributed by atoms with van der Waals surface area (Å²) >= 11 is 0. The predicted molar refractivity (Wildman–Crippen MR) is 118 cm³/mol. The zero-order chi connectivity index (χ0) is 35.6. The van der Waals surface area contributed by atoms with Crippen molar-refractivity contribution in [2.75, 3.05) is 0 Å². The number of rotatable bonds is 12. The van der Waals surface area contributed by atoms with E-state index in [0.717, 1.165) is 39.8 Å². The third-order valence-electron chi connectivity index (χ3n) is 5.98. The average molecular weight is 692 g/mol. The molecule has 0 N–H and O–H groups in total. The number of aryl methyl sites for hydroxylation is 4. The van der Waals surface area contributed by atoms with Gasteiger partial charge in [-0.2, -0.15) is 79.0 Å². The standard InChI is InChI=1S/C25H18F18O2/c1-11-5-12(2)8-15(7-11)44-24(40,41)22(36,37)20(32,33)18(28,29)17(26,27)19(30,31)21(34,35)23(38,39)25(42,43)45-16-9-13(3)6-14(4)10-16/h5-10H,1-4H3. The molecule has 0 bridgehead atoms. The van der Waals surface area contributed by atoms with Crippen LogP contribution in [0.3, 0.4) is 0 Å². The van der Waals surface area contributed by atoms with E-state index in [1.807, 2.05) is 0 Å². The second-order valence-corrected chi connectivity index (χ2v) is 9.91. The number of hydrogen-bond acceptors (Lipinski definition) is 2. The Morgan fingerprint density at radius 3 is 0.689 bits per heavy atom. The minimum absolute atomic E-state index is 0.117. The van der Waals surface area contributed by atoms with Crippen molar-refractivity contribution in [3.05, 3.63) is 58.7 Å². The van der Waals surface area contributed by atoms with Crippen LogP contribution in [-0.2, 0) is 0 Å². The van der Waals surface area contributed by atoms with Crippen molar-refractivity contribution in [2.24, 2.45) is 0 Å². The summed E-state index contributed by atoms with van der Waals surface area (Å²) in [5.74, 6) is -62.6. The molecular formula is C25H18F18O2. The molecule has 2 nitrogen and oxygen atoms in total. The van der Waals surface area contributed by atoms with Gasteiger partial charge in [0.2, 0.25) is 0 Å². The Labute approximate surface area is 240 Å². The lowest BCUT2D eigenvalue weighted by molar-refractivity contribution is -0.478. The van der Waals surface area contributed by atoms with E-state index in [4.69, 9.17) is 0 Å². The van der Waals surface area contributed by atoms with E-state index in [1.165, 1.54) is 0 Å². The molecule has 0 aliphatic heterocycles. The Kier molecular flexibility index (Phi) is 9.24. The van der Waals surface area contributed by atoms with Crippen molar-refractivity contribution >= 4 is 0 Å². The van der Waals surface area contributed by atoms with Crippen LogP contribution in [0.25, 0.3) is 0 Å². The van der Waals surface area contributed by atoms with Crippen molar-refractivity contribution in [2.45, 2.75) is 81.4 Å². The van der Waals surface area contributed by atoms with E-state index in [9.17, 15) is 79.0 Å². The summed E-state index contributed by atoms with van der Waals surface area (Å²) in [6.45, 7) is 4.31. The van der Waals surface area contributed by atoms with Gasteiger partial charge in [-0.15, -0.1) is 0 Å². The topological polar surface area (TPSA) is 18.5 Å². The molecule has 0 saturated heterocycles. The molecule has 0 heterocycles. The van der Waals surface area contributed by atoms with Crippen molar-refractivity contribution in [3.63, 3.8) is 0 Å². The molecule has 0 radical (unpaired) electrons. The largest absolute Gasteiger partial charge is 0.471 e. The Morgan fingerprint density at radius 2 is 0.489 bits per heavy atom. The maximum atomic E-state index is 14.2. The van der Waals surface area contributed by atoms with Crippen LogP contribution >= 0.6 is 0 Å². The van der Waals surface area contributed by atoms with Gasteiger partial charge in [0.15, 0.2) is 0 Å². The monoisotopic (exact) mass is 692 g/mol. The highest BCUT2D eigenvalue weighted by Gasteiger charge is 2.97. The number of hydrogen-bond donors (Lipinski definition) is 0. The number of halogens is 18. The van der Waals surface area contributed by atoms with Crippen molar-refractivity contribution in [1.82, 2.24) is 0 Å².